The molecule has 34 heavy (non-hydrogen) atoms. The van der Waals surface area contributed by atoms with Gasteiger partial charge in [-0.25, -0.2) is 0 Å². The average molecular weight is 463 g/mol. The summed E-state index contributed by atoms with van der Waals surface area (Å²) in [4.78, 5) is 17.3. The van der Waals surface area contributed by atoms with Crippen LogP contribution in [0.5, 0.6) is 17.2 Å². The largest absolute Gasteiger partial charge is 0.495 e. The lowest BCUT2D eigenvalue weighted by molar-refractivity contribution is -0.122. The Morgan fingerprint density at radius 2 is 1.94 bits per heavy atom. The van der Waals surface area contributed by atoms with E-state index in [4.69, 9.17) is 14.2 Å². The van der Waals surface area contributed by atoms with Crippen molar-refractivity contribution in [2.24, 2.45) is 5.92 Å². The van der Waals surface area contributed by atoms with Crippen molar-refractivity contribution < 1.29 is 24.1 Å². The first-order valence-electron chi connectivity index (χ1n) is 11.9. The number of hydrogen-bond acceptors (Lipinski definition) is 6. The summed E-state index contributed by atoms with van der Waals surface area (Å²) in [5.74, 6) is 1.96. The number of ether oxygens (including phenoxy) is 3. The number of carbonyl (C=O) groups is 1. The van der Waals surface area contributed by atoms with Gasteiger partial charge in [-0.05, 0) is 68.4 Å². The van der Waals surface area contributed by atoms with Gasteiger partial charge in [0.1, 0.15) is 19.0 Å². The van der Waals surface area contributed by atoms with Crippen molar-refractivity contribution in [3.63, 3.8) is 0 Å². The molecule has 2 N–H and O–H groups in total. The molecule has 0 bridgehead atoms. The highest BCUT2D eigenvalue weighted by atomic mass is 16.6. The van der Waals surface area contributed by atoms with Crippen LogP contribution in [0.15, 0.2) is 48.7 Å². The molecule has 1 saturated carbocycles. The van der Waals surface area contributed by atoms with Gasteiger partial charge in [-0.3, -0.25) is 9.78 Å². The Labute approximate surface area is 199 Å². The summed E-state index contributed by atoms with van der Waals surface area (Å²) in [5.41, 5.74) is 2.01. The van der Waals surface area contributed by atoms with Crippen LogP contribution in [0.25, 0.3) is 10.9 Å². The Bertz CT molecular complexity index is 1190. The van der Waals surface area contributed by atoms with Gasteiger partial charge in [-0.15, -0.1) is 0 Å². The first-order valence-corrected chi connectivity index (χ1v) is 11.9. The number of anilines is 1. The van der Waals surface area contributed by atoms with E-state index in [1.165, 1.54) is 0 Å². The van der Waals surface area contributed by atoms with Gasteiger partial charge < -0.3 is 24.6 Å². The molecule has 7 heteroatoms. The van der Waals surface area contributed by atoms with E-state index in [0.29, 0.717) is 62.5 Å². The van der Waals surface area contributed by atoms with Gasteiger partial charge in [0, 0.05) is 23.1 Å². The number of aromatic nitrogens is 1. The maximum atomic E-state index is 12.8. The van der Waals surface area contributed by atoms with E-state index < -0.39 is 5.60 Å². The monoisotopic (exact) mass is 462 g/mol. The summed E-state index contributed by atoms with van der Waals surface area (Å²) < 4.78 is 16.5. The Morgan fingerprint density at radius 1 is 1.15 bits per heavy atom. The lowest BCUT2D eigenvalue weighted by Gasteiger charge is -2.35. The predicted molar refractivity (Wildman–Crippen MR) is 130 cm³/mol. The average Bonchev–Trinajstić information content (AvgIpc) is 2.87. The maximum absolute atomic E-state index is 12.8. The second-order valence-corrected chi connectivity index (χ2v) is 9.21. The van der Waals surface area contributed by atoms with E-state index in [1.807, 2.05) is 30.3 Å². The summed E-state index contributed by atoms with van der Waals surface area (Å²) in [6.07, 6.45) is 5.67. The molecule has 0 atom stereocenters. The summed E-state index contributed by atoms with van der Waals surface area (Å²) >= 11 is 0. The molecule has 178 valence electrons. The fourth-order valence-corrected chi connectivity index (χ4v) is 4.92. The molecule has 7 nitrogen and oxygen atoms in total. The van der Waals surface area contributed by atoms with E-state index in [2.05, 4.69) is 16.4 Å². The predicted octanol–water partition coefficient (Wildman–Crippen LogP) is 4.51. The molecule has 1 fully saturated rings. The lowest BCUT2D eigenvalue weighted by Crippen LogP contribution is -2.38. The molecule has 0 unspecified atom stereocenters. The SMILES string of the molecule is COc1cnc2cccc(CCC3(O)CCC(C(=O)Nc4ccc5c(c4)OCCO5)CC3)c2c1. The number of hydrogen-bond donors (Lipinski definition) is 2. The first-order chi connectivity index (χ1) is 16.5. The van der Waals surface area contributed by atoms with Crippen molar-refractivity contribution in [3.05, 3.63) is 54.2 Å². The molecule has 0 spiro atoms. The van der Waals surface area contributed by atoms with Crippen LogP contribution >= 0.6 is 0 Å². The number of nitrogens with zero attached hydrogens (tertiary/aromatic N) is 1. The fraction of sp³-hybridized carbons (Fsp3) is 0.407. The third-order valence-electron chi connectivity index (χ3n) is 6.98. The van der Waals surface area contributed by atoms with Gasteiger partial charge in [0.2, 0.25) is 5.91 Å². The molecular weight excluding hydrogens is 432 g/mol. The van der Waals surface area contributed by atoms with Gasteiger partial charge in [-0.1, -0.05) is 12.1 Å². The Hall–Kier alpha value is -3.32. The number of carbonyl (C=O) groups excluding carboxylic acids is 1. The number of methoxy groups -OCH3 is 1. The second kappa shape index (κ2) is 9.50. The number of amides is 1. The molecule has 1 amide bonds. The van der Waals surface area contributed by atoms with Crippen LogP contribution in [0.2, 0.25) is 0 Å². The zero-order valence-corrected chi connectivity index (χ0v) is 19.4. The molecule has 5 rings (SSSR count). The molecule has 0 radical (unpaired) electrons. The lowest BCUT2D eigenvalue weighted by atomic mass is 9.75. The molecule has 2 aliphatic rings. The van der Waals surface area contributed by atoms with Crippen molar-refractivity contribution in [2.75, 3.05) is 25.6 Å². The van der Waals surface area contributed by atoms with Crippen molar-refractivity contribution in [1.82, 2.24) is 4.98 Å². The van der Waals surface area contributed by atoms with Crippen LogP contribution in [0.1, 0.15) is 37.7 Å². The number of rotatable bonds is 6. The van der Waals surface area contributed by atoms with E-state index in [0.717, 1.165) is 28.6 Å². The van der Waals surface area contributed by atoms with Crippen molar-refractivity contribution in [1.29, 1.82) is 0 Å². The molecule has 1 aliphatic heterocycles. The quantitative estimate of drug-likeness (QED) is 0.560. The minimum Gasteiger partial charge on any atom is -0.495 e. The summed E-state index contributed by atoms with van der Waals surface area (Å²) in [7, 11) is 1.64. The summed E-state index contributed by atoms with van der Waals surface area (Å²) in [6, 6.07) is 13.5. The molecular formula is C27H30N2O5. The zero-order valence-electron chi connectivity index (χ0n) is 19.4. The highest BCUT2D eigenvalue weighted by Gasteiger charge is 2.35. The van der Waals surface area contributed by atoms with Crippen molar-refractivity contribution >= 4 is 22.5 Å². The van der Waals surface area contributed by atoms with E-state index in [-0.39, 0.29) is 11.8 Å². The Kier molecular flexibility index (Phi) is 6.28. The number of benzene rings is 2. The van der Waals surface area contributed by atoms with E-state index in [9.17, 15) is 9.90 Å². The van der Waals surface area contributed by atoms with Gasteiger partial charge >= 0.3 is 0 Å². The van der Waals surface area contributed by atoms with Crippen LogP contribution in [-0.2, 0) is 11.2 Å². The molecule has 3 aromatic rings. The van der Waals surface area contributed by atoms with Gasteiger partial charge in [0.15, 0.2) is 11.5 Å². The molecule has 2 heterocycles. The first kappa shape index (κ1) is 22.5. The number of aryl methyl sites for hydroxylation is 1. The van der Waals surface area contributed by atoms with Crippen LogP contribution in [0.3, 0.4) is 0 Å². The maximum Gasteiger partial charge on any atom is 0.227 e. The zero-order chi connectivity index (χ0) is 23.5. The number of pyridine rings is 1. The molecule has 2 aromatic carbocycles. The van der Waals surface area contributed by atoms with Crippen molar-refractivity contribution in [3.8, 4) is 17.2 Å². The van der Waals surface area contributed by atoms with E-state index in [1.54, 1.807) is 19.4 Å². The topological polar surface area (TPSA) is 89.9 Å². The molecule has 1 aromatic heterocycles. The minimum absolute atomic E-state index is 0.00838. The second-order valence-electron chi connectivity index (χ2n) is 9.21. The number of fused-ring (bicyclic) bond motifs is 2. The molecule has 1 aliphatic carbocycles. The Morgan fingerprint density at radius 3 is 2.74 bits per heavy atom. The standard InChI is InChI=1S/C27H30N2O5/c1-32-21-16-22-18(3-2-4-23(22)28-17-21)7-10-27(31)11-8-19(9-12-27)26(30)29-20-5-6-24-25(15-20)34-14-13-33-24/h2-6,15-17,19,31H,7-14H2,1H3,(H,29,30). The smallest absolute Gasteiger partial charge is 0.227 e. The summed E-state index contributed by atoms with van der Waals surface area (Å²) in [5, 5.41) is 15.3. The normalized spacial score (nSPS) is 21.8. The fourth-order valence-electron chi connectivity index (χ4n) is 4.92. The van der Waals surface area contributed by atoms with Crippen LogP contribution < -0.4 is 19.5 Å². The third kappa shape index (κ3) is 4.80. The summed E-state index contributed by atoms with van der Waals surface area (Å²) in [6.45, 7) is 1.05. The van der Waals surface area contributed by atoms with E-state index >= 15 is 0 Å². The van der Waals surface area contributed by atoms with Gasteiger partial charge in [-0.2, -0.15) is 0 Å². The Balaban J connectivity index is 1.18. The highest BCUT2D eigenvalue weighted by Crippen LogP contribution is 2.37. The van der Waals surface area contributed by atoms with Gasteiger partial charge in [0.05, 0.1) is 24.4 Å². The molecule has 0 saturated heterocycles. The number of aliphatic hydroxyl groups is 1. The minimum atomic E-state index is -0.762. The highest BCUT2D eigenvalue weighted by molar-refractivity contribution is 5.93. The van der Waals surface area contributed by atoms with Crippen molar-refractivity contribution in [2.45, 2.75) is 44.1 Å². The third-order valence-corrected chi connectivity index (χ3v) is 6.98. The van der Waals surface area contributed by atoms with Crippen LogP contribution in [0.4, 0.5) is 5.69 Å². The number of nitrogens with one attached hydrogen (secondary N) is 1. The van der Waals surface area contributed by atoms with Crippen LogP contribution in [-0.4, -0.2) is 41.9 Å². The van der Waals surface area contributed by atoms with Crippen LogP contribution in [0, 0.1) is 5.92 Å². The van der Waals surface area contributed by atoms with Gasteiger partial charge in [0.25, 0.3) is 0 Å².